The van der Waals surface area contributed by atoms with Gasteiger partial charge in [0.15, 0.2) is 0 Å². The van der Waals surface area contributed by atoms with Crippen LogP contribution in [-0.2, 0) is 5.41 Å². The highest BCUT2D eigenvalue weighted by Crippen LogP contribution is 2.48. The van der Waals surface area contributed by atoms with E-state index in [-0.39, 0.29) is 5.41 Å². The van der Waals surface area contributed by atoms with Gasteiger partial charge in [0.2, 0.25) is 0 Å². The summed E-state index contributed by atoms with van der Waals surface area (Å²) in [4.78, 5) is 0. The molecule has 1 aliphatic rings. The van der Waals surface area contributed by atoms with Crippen molar-refractivity contribution in [2.75, 3.05) is 0 Å². The van der Waals surface area contributed by atoms with E-state index in [0.717, 1.165) is 10.9 Å². The fourth-order valence-electron chi connectivity index (χ4n) is 2.13. The third kappa shape index (κ3) is 1.27. The average Bonchev–Trinajstić information content (AvgIpc) is 2.20. The van der Waals surface area contributed by atoms with Crippen molar-refractivity contribution in [1.82, 2.24) is 0 Å². The predicted molar refractivity (Wildman–Crippen MR) is 59.8 cm³/mol. The third-order valence-electron chi connectivity index (χ3n) is 3.37. The molecular formula is C12H12BrN. The number of halogens is 1. The van der Waals surface area contributed by atoms with E-state index in [4.69, 9.17) is 0 Å². The molecule has 2 rings (SSSR count). The Morgan fingerprint density at radius 1 is 1.43 bits per heavy atom. The molecule has 1 fully saturated rings. The van der Waals surface area contributed by atoms with E-state index in [9.17, 15) is 5.26 Å². The Morgan fingerprint density at radius 3 is 2.43 bits per heavy atom. The fraction of sp³-hybridized carbons (Fsp3) is 0.417. The van der Waals surface area contributed by atoms with Crippen molar-refractivity contribution in [1.29, 1.82) is 5.26 Å². The molecule has 2 heteroatoms. The van der Waals surface area contributed by atoms with Gasteiger partial charge >= 0.3 is 0 Å². The van der Waals surface area contributed by atoms with Gasteiger partial charge in [0.25, 0.3) is 0 Å². The minimum atomic E-state index is -0.208. The number of benzene rings is 1. The summed E-state index contributed by atoms with van der Waals surface area (Å²) in [5, 5.41) is 9.27. The van der Waals surface area contributed by atoms with Crippen LogP contribution in [0.2, 0.25) is 0 Å². The predicted octanol–water partition coefficient (Wildman–Crippen LogP) is 3.64. The Kier molecular flexibility index (Phi) is 2.36. The van der Waals surface area contributed by atoms with E-state index in [1.165, 1.54) is 12.0 Å². The van der Waals surface area contributed by atoms with Crippen molar-refractivity contribution in [3.8, 4) is 6.07 Å². The quantitative estimate of drug-likeness (QED) is 0.746. The van der Waals surface area contributed by atoms with Crippen LogP contribution in [0.5, 0.6) is 0 Å². The van der Waals surface area contributed by atoms with Gasteiger partial charge in [0.1, 0.15) is 0 Å². The molecule has 0 saturated heterocycles. The van der Waals surface area contributed by atoms with Crippen LogP contribution < -0.4 is 0 Å². The van der Waals surface area contributed by atoms with Crippen LogP contribution in [0.1, 0.15) is 25.3 Å². The molecule has 0 bridgehead atoms. The highest BCUT2D eigenvalue weighted by Gasteiger charge is 2.45. The summed E-state index contributed by atoms with van der Waals surface area (Å²) in [6, 6.07) is 10.6. The second kappa shape index (κ2) is 3.40. The van der Waals surface area contributed by atoms with Gasteiger partial charge < -0.3 is 0 Å². The zero-order valence-electron chi connectivity index (χ0n) is 8.13. The van der Waals surface area contributed by atoms with E-state index in [1.807, 2.05) is 12.1 Å². The molecule has 0 aromatic heterocycles. The van der Waals surface area contributed by atoms with Crippen molar-refractivity contribution in [3.63, 3.8) is 0 Å². The minimum Gasteiger partial charge on any atom is -0.197 e. The molecule has 1 aliphatic carbocycles. The number of nitrogens with zero attached hydrogens (tertiary/aromatic N) is 1. The summed E-state index contributed by atoms with van der Waals surface area (Å²) >= 11 is 3.41. The van der Waals surface area contributed by atoms with E-state index in [0.29, 0.717) is 5.92 Å². The second-order valence-electron chi connectivity index (χ2n) is 4.03. The molecule has 2 unspecified atom stereocenters. The zero-order valence-corrected chi connectivity index (χ0v) is 9.71. The van der Waals surface area contributed by atoms with Gasteiger partial charge in [-0.3, -0.25) is 0 Å². The molecule has 14 heavy (non-hydrogen) atoms. The monoisotopic (exact) mass is 249 g/mol. The highest BCUT2D eigenvalue weighted by molar-refractivity contribution is 9.10. The van der Waals surface area contributed by atoms with Crippen molar-refractivity contribution in [2.45, 2.75) is 25.2 Å². The minimum absolute atomic E-state index is 0.208. The van der Waals surface area contributed by atoms with Gasteiger partial charge in [-0.2, -0.15) is 5.26 Å². The Hall–Kier alpha value is -0.810. The first-order valence-corrected chi connectivity index (χ1v) is 5.65. The van der Waals surface area contributed by atoms with Crippen molar-refractivity contribution in [3.05, 3.63) is 34.3 Å². The van der Waals surface area contributed by atoms with Gasteiger partial charge in [-0.25, -0.2) is 0 Å². The number of rotatable bonds is 1. The summed E-state index contributed by atoms with van der Waals surface area (Å²) < 4.78 is 1.07. The second-order valence-corrected chi connectivity index (χ2v) is 4.95. The van der Waals surface area contributed by atoms with Crippen LogP contribution in [0.25, 0.3) is 0 Å². The molecule has 0 radical (unpaired) electrons. The summed E-state index contributed by atoms with van der Waals surface area (Å²) in [5.41, 5.74) is 0.961. The van der Waals surface area contributed by atoms with E-state index >= 15 is 0 Å². The molecule has 1 aromatic rings. The maximum atomic E-state index is 9.27. The lowest BCUT2D eigenvalue weighted by atomic mass is 9.58. The molecule has 1 aromatic carbocycles. The topological polar surface area (TPSA) is 23.8 Å². The van der Waals surface area contributed by atoms with Crippen LogP contribution >= 0.6 is 15.9 Å². The van der Waals surface area contributed by atoms with Gasteiger partial charge in [0.05, 0.1) is 11.5 Å². The third-order valence-corrected chi connectivity index (χ3v) is 3.90. The maximum Gasteiger partial charge on any atom is 0.0847 e. The highest BCUT2D eigenvalue weighted by atomic mass is 79.9. The summed E-state index contributed by atoms with van der Waals surface area (Å²) in [7, 11) is 0. The Bertz CT molecular complexity index is 376. The smallest absolute Gasteiger partial charge is 0.0847 e. The Morgan fingerprint density at radius 2 is 2.07 bits per heavy atom. The summed E-state index contributed by atoms with van der Waals surface area (Å²) in [6.07, 6.45) is 2.18. The van der Waals surface area contributed by atoms with Crippen LogP contribution in [-0.4, -0.2) is 0 Å². The number of nitriles is 1. The molecule has 0 amide bonds. The van der Waals surface area contributed by atoms with Gasteiger partial charge in [-0.1, -0.05) is 35.0 Å². The fourth-order valence-corrected chi connectivity index (χ4v) is 2.39. The lowest BCUT2D eigenvalue weighted by Gasteiger charge is -2.42. The summed E-state index contributed by atoms with van der Waals surface area (Å²) in [5.74, 6) is 0.494. The van der Waals surface area contributed by atoms with Crippen LogP contribution in [0.15, 0.2) is 28.7 Å². The van der Waals surface area contributed by atoms with E-state index in [1.54, 1.807) is 0 Å². The van der Waals surface area contributed by atoms with Crippen LogP contribution in [0.3, 0.4) is 0 Å². The first-order chi connectivity index (χ1) is 6.69. The molecule has 1 nitrogen and oxygen atoms in total. The average molecular weight is 250 g/mol. The molecule has 0 spiro atoms. The molecule has 0 N–H and O–H groups in total. The lowest BCUT2D eigenvalue weighted by Crippen LogP contribution is -2.41. The van der Waals surface area contributed by atoms with Crippen molar-refractivity contribution in [2.24, 2.45) is 5.92 Å². The van der Waals surface area contributed by atoms with Crippen LogP contribution in [0, 0.1) is 17.2 Å². The number of hydrogen-bond acceptors (Lipinski definition) is 1. The van der Waals surface area contributed by atoms with Gasteiger partial charge in [-0.05, 0) is 36.5 Å². The first-order valence-electron chi connectivity index (χ1n) is 4.86. The molecule has 72 valence electrons. The zero-order chi connectivity index (χ0) is 10.2. The molecule has 0 aliphatic heterocycles. The van der Waals surface area contributed by atoms with Gasteiger partial charge in [-0.15, -0.1) is 0 Å². The Labute approximate surface area is 92.9 Å². The standard InChI is InChI=1S/C12H12BrN/c1-9-6-7-12(9,8-14)10-2-4-11(13)5-3-10/h2-5,9H,6-7H2,1H3. The molecule has 2 atom stereocenters. The normalized spacial score (nSPS) is 30.5. The molecular weight excluding hydrogens is 238 g/mol. The molecule has 0 heterocycles. The SMILES string of the molecule is CC1CCC1(C#N)c1ccc(Br)cc1. The lowest BCUT2D eigenvalue weighted by molar-refractivity contribution is 0.201. The van der Waals surface area contributed by atoms with E-state index < -0.39 is 0 Å². The van der Waals surface area contributed by atoms with Crippen LogP contribution in [0.4, 0.5) is 0 Å². The number of hydrogen-bond donors (Lipinski definition) is 0. The Balaban J connectivity index is 2.39. The van der Waals surface area contributed by atoms with Gasteiger partial charge in [0, 0.05) is 4.47 Å². The summed E-state index contributed by atoms with van der Waals surface area (Å²) in [6.45, 7) is 2.16. The first kappa shape index (κ1) is 9.73. The van der Waals surface area contributed by atoms with E-state index in [2.05, 4.69) is 41.1 Å². The van der Waals surface area contributed by atoms with Crippen molar-refractivity contribution < 1.29 is 0 Å². The maximum absolute atomic E-state index is 9.27. The largest absolute Gasteiger partial charge is 0.197 e. The molecule has 1 saturated carbocycles. The van der Waals surface area contributed by atoms with Crippen molar-refractivity contribution >= 4 is 15.9 Å².